The van der Waals surface area contributed by atoms with Gasteiger partial charge in [-0.2, -0.15) is 0 Å². The van der Waals surface area contributed by atoms with Gasteiger partial charge in [-0.05, 0) is 31.4 Å². The average Bonchev–Trinajstić information content (AvgIpc) is 2.49. The van der Waals surface area contributed by atoms with Gasteiger partial charge in [-0.3, -0.25) is 4.99 Å². The van der Waals surface area contributed by atoms with E-state index in [1.54, 1.807) is 0 Å². The van der Waals surface area contributed by atoms with E-state index in [0.717, 1.165) is 45.0 Å². The van der Waals surface area contributed by atoms with Crippen LogP contribution in [0.3, 0.4) is 0 Å². The summed E-state index contributed by atoms with van der Waals surface area (Å²) in [4.78, 5) is 11.7. The minimum atomic E-state index is 0.977. The number of nitrogens with one attached hydrogen (secondary N) is 1. The number of anilines is 1. The van der Waals surface area contributed by atoms with Gasteiger partial charge >= 0.3 is 0 Å². The standard InChI is InChI=1S/C14H20N4/c1-2-6-16-13(5-1)12-4-3-7-17-14(12)18-10-8-15-9-11-18/h3-4,7,15H,1-2,5-6,8-11H2. The highest BCUT2D eigenvalue weighted by Gasteiger charge is 2.18. The van der Waals surface area contributed by atoms with Gasteiger partial charge in [0.05, 0.1) is 0 Å². The minimum Gasteiger partial charge on any atom is -0.354 e. The molecule has 96 valence electrons. The number of hydrogen-bond acceptors (Lipinski definition) is 4. The van der Waals surface area contributed by atoms with E-state index in [2.05, 4.69) is 26.3 Å². The lowest BCUT2D eigenvalue weighted by Gasteiger charge is -2.30. The molecule has 0 aromatic carbocycles. The molecule has 0 unspecified atom stereocenters. The molecule has 4 nitrogen and oxygen atoms in total. The summed E-state index contributed by atoms with van der Waals surface area (Å²) in [5, 5.41) is 3.38. The van der Waals surface area contributed by atoms with Crippen LogP contribution in [0.2, 0.25) is 0 Å². The van der Waals surface area contributed by atoms with Gasteiger partial charge in [-0.15, -0.1) is 0 Å². The van der Waals surface area contributed by atoms with Crippen LogP contribution in [0.4, 0.5) is 5.82 Å². The van der Waals surface area contributed by atoms with Crippen LogP contribution in [0.1, 0.15) is 24.8 Å². The molecule has 4 heteroatoms. The number of hydrogen-bond donors (Lipinski definition) is 1. The van der Waals surface area contributed by atoms with Crippen molar-refractivity contribution in [1.82, 2.24) is 10.3 Å². The van der Waals surface area contributed by atoms with Crippen molar-refractivity contribution >= 4 is 11.5 Å². The molecule has 1 saturated heterocycles. The van der Waals surface area contributed by atoms with E-state index in [1.165, 1.54) is 24.1 Å². The lowest BCUT2D eigenvalue weighted by molar-refractivity contribution is 0.584. The van der Waals surface area contributed by atoms with Crippen LogP contribution in [0, 0.1) is 0 Å². The van der Waals surface area contributed by atoms with E-state index in [4.69, 9.17) is 0 Å². The van der Waals surface area contributed by atoms with Crippen molar-refractivity contribution in [2.75, 3.05) is 37.6 Å². The molecular weight excluding hydrogens is 224 g/mol. The van der Waals surface area contributed by atoms with E-state index >= 15 is 0 Å². The summed E-state index contributed by atoms with van der Waals surface area (Å²) >= 11 is 0. The van der Waals surface area contributed by atoms with Gasteiger partial charge in [0.15, 0.2) is 0 Å². The molecule has 1 aromatic rings. The molecule has 18 heavy (non-hydrogen) atoms. The zero-order valence-electron chi connectivity index (χ0n) is 10.7. The van der Waals surface area contributed by atoms with Gasteiger partial charge in [-0.1, -0.05) is 0 Å². The Bertz CT molecular complexity index is 435. The Morgan fingerprint density at radius 3 is 2.83 bits per heavy atom. The summed E-state index contributed by atoms with van der Waals surface area (Å²) in [6.45, 7) is 5.14. The molecule has 0 atom stereocenters. The van der Waals surface area contributed by atoms with Crippen LogP contribution in [0.25, 0.3) is 0 Å². The highest BCUT2D eigenvalue weighted by Crippen LogP contribution is 2.22. The maximum Gasteiger partial charge on any atom is 0.137 e. The Kier molecular flexibility index (Phi) is 3.55. The fourth-order valence-corrected chi connectivity index (χ4v) is 2.67. The summed E-state index contributed by atoms with van der Waals surface area (Å²) in [6.07, 6.45) is 5.48. The smallest absolute Gasteiger partial charge is 0.137 e. The van der Waals surface area contributed by atoms with Crippen LogP contribution in [0.15, 0.2) is 23.3 Å². The highest BCUT2D eigenvalue weighted by atomic mass is 15.2. The molecule has 0 spiro atoms. The average molecular weight is 244 g/mol. The van der Waals surface area contributed by atoms with Gasteiger partial charge < -0.3 is 10.2 Å². The highest BCUT2D eigenvalue weighted by molar-refractivity contribution is 6.04. The molecule has 0 radical (unpaired) electrons. The van der Waals surface area contributed by atoms with Crippen LogP contribution in [0.5, 0.6) is 0 Å². The van der Waals surface area contributed by atoms with E-state index in [0.29, 0.717) is 0 Å². The number of piperazine rings is 1. The molecule has 0 bridgehead atoms. The van der Waals surface area contributed by atoms with Crippen molar-refractivity contribution in [3.05, 3.63) is 23.9 Å². The largest absolute Gasteiger partial charge is 0.354 e. The number of nitrogens with zero attached hydrogens (tertiary/aromatic N) is 3. The van der Waals surface area contributed by atoms with E-state index in [9.17, 15) is 0 Å². The topological polar surface area (TPSA) is 40.5 Å². The quantitative estimate of drug-likeness (QED) is 0.856. The normalized spacial score (nSPS) is 20.7. The third-order valence-electron chi connectivity index (χ3n) is 3.64. The van der Waals surface area contributed by atoms with Crippen molar-refractivity contribution in [2.24, 2.45) is 4.99 Å². The first-order valence-electron chi connectivity index (χ1n) is 6.89. The molecule has 0 amide bonds. The number of aromatic nitrogens is 1. The summed E-state index contributed by atoms with van der Waals surface area (Å²) in [5.41, 5.74) is 2.50. The zero-order chi connectivity index (χ0) is 12.2. The fourth-order valence-electron chi connectivity index (χ4n) is 2.67. The van der Waals surface area contributed by atoms with Crippen LogP contribution in [-0.4, -0.2) is 43.4 Å². The molecule has 3 heterocycles. The molecule has 1 fully saturated rings. The Morgan fingerprint density at radius 2 is 2.06 bits per heavy atom. The maximum atomic E-state index is 4.69. The van der Waals surface area contributed by atoms with Gasteiger partial charge in [0.2, 0.25) is 0 Å². The van der Waals surface area contributed by atoms with Gasteiger partial charge in [0, 0.05) is 50.2 Å². The van der Waals surface area contributed by atoms with Crippen molar-refractivity contribution < 1.29 is 0 Å². The molecule has 0 saturated carbocycles. The fraction of sp³-hybridized carbons (Fsp3) is 0.571. The Labute approximate surface area is 108 Å². The first-order valence-corrected chi connectivity index (χ1v) is 6.89. The van der Waals surface area contributed by atoms with Crippen molar-refractivity contribution in [3.8, 4) is 0 Å². The second kappa shape index (κ2) is 5.48. The molecule has 1 N–H and O–H groups in total. The van der Waals surface area contributed by atoms with Crippen molar-refractivity contribution in [1.29, 1.82) is 0 Å². The summed E-state index contributed by atoms with van der Waals surface area (Å²) in [6, 6.07) is 4.20. The molecule has 3 rings (SSSR count). The van der Waals surface area contributed by atoms with Gasteiger partial charge in [0.1, 0.15) is 5.82 Å². The summed E-state index contributed by atoms with van der Waals surface area (Å²) in [5.74, 6) is 1.12. The second-order valence-electron chi connectivity index (χ2n) is 4.90. The summed E-state index contributed by atoms with van der Waals surface area (Å²) in [7, 11) is 0. The van der Waals surface area contributed by atoms with Crippen molar-refractivity contribution in [2.45, 2.75) is 19.3 Å². The molecule has 0 aliphatic carbocycles. The molecule has 1 aromatic heterocycles. The monoisotopic (exact) mass is 244 g/mol. The SMILES string of the molecule is c1cnc(N2CCNCC2)c(C2=NCCCC2)c1. The van der Waals surface area contributed by atoms with E-state index < -0.39 is 0 Å². The third-order valence-corrected chi connectivity index (χ3v) is 3.64. The Hall–Kier alpha value is -1.42. The Balaban J connectivity index is 1.91. The number of pyridine rings is 1. The van der Waals surface area contributed by atoms with Crippen LogP contribution in [-0.2, 0) is 0 Å². The minimum absolute atomic E-state index is 0.977. The number of aliphatic imine (C=N–C) groups is 1. The van der Waals surface area contributed by atoms with E-state index in [1.807, 2.05) is 12.3 Å². The van der Waals surface area contributed by atoms with Gasteiger partial charge in [-0.25, -0.2) is 4.98 Å². The molecule has 2 aliphatic rings. The van der Waals surface area contributed by atoms with Gasteiger partial charge in [0.25, 0.3) is 0 Å². The second-order valence-corrected chi connectivity index (χ2v) is 4.90. The zero-order valence-corrected chi connectivity index (χ0v) is 10.7. The molecular formula is C14H20N4. The lowest BCUT2D eigenvalue weighted by Crippen LogP contribution is -2.44. The predicted molar refractivity (Wildman–Crippen MR) is 74.6 cm³/mol. The Morgan fingerprint density at radius 1 is 1.17 bits per heavy atom. The van der Waals surface area contributed by atoms with Crippen LogP contribution < -0.4 is 10.2 Å². The maximum absolute atomic E-state index is 4.69. The molecule has 2 aliphatic heterocycles. The predicted octanol–water partition coefficient (Wildman–Crippen LogP) is 1.46. The summed E-state index contributed by atoms with van der Waals surface area (Å²) < 4.78 is 0. The van der Waals surface area contributed by atoms with E-state index in [-0.39, 0.29) is 0 Å². The van der Waals surface area contributed by atoms with Crippen LogP contribution >= 0.6 is 0 Å². The third kappa shape index (κ3) is 2.38. The lowest BCUT2D eigenvalue weighted by atomic mass is 10.0. The first kappa shape index (κ1) is 11.7. The van der Waals surface area contributed by atoms with Crippen molar-refractivity contribution in [3.63, 3.8) is 0 Å². The number of rotatable bonds is 2. The first-order chi connectivity index (χ1) is 8.95.